The second-order valence-corrected chi connectivity index (χ2v) is 31.7. The highest BCUT2D eigenvalue weighted by molar-refractivity contribution is 5.99. The van der Waals surface area contributed by atoms with E-state index >= 15 is 24.0 Å². The molecule has 112 heavy (non-hydrogen) atoms. The van der Waals surface area contributed by atoms with Crippen molar-refractivity contribution in [1.29, 1.82) is 0 Å². The zero-order valence-electron chi connectivity index (χ0n) is 65.2. The molecule has 0 aliphatic carbocycles. The van der Waals surface area contributed by atoms with Crippen molar-refractivity contribution in [2.75, 3.05) is 41.3 Å². The van der Waals surface area contributed by atoms with Gasteiger partial charge in [0.2, 0.25) is 53.2 Å². The van der Waals surface area contributed by atoms with E-state index in [0.717, 1.165) is 21.5 Å². The Hall–Kier alpha value is -11.7. The molecule has 9 N–H and O–H groups in total. The highest BCUT2D eigenvalue weighted by atomic mass is 16.5. The standard InChI is InChI=1S/C82H101N17O13/c1-47(83-9)71(100)89-69(81(3,4)5)78(107)96-43-59-39-67(96)75(104)85-63(37-51-21-27-53-17-13-15-19-55(53)33-51)73(102)87-65(77(106)95(11)12)35-49-23-29-61(30-24-49)111-45-57-41-99(93-91-57)60-40-68(97(44-60)79(108)70(82(6,7)8)90-72(101)48(2)84-10)76(105)86-64(38-52-22-28-54-18-14-16-20-56(54)34-52)74(103)88-66(80(109)110)36-50-25-31-62(32-26-50)112-46-58-42-98(59)94-92-58/h13-34,41-42,47-48,59-60,63-70,83-84H,35-40,43-46H2,1-12H3,(H,85,104)(H,86,105)(H,87,102)(H,88,103)(H,89,100)(H,90,101)(H,109,110). The van der Waals surface area contributed by atoms with Gasteiger partial charge in [-0.3, -0.25) is 43.2 Å². The summed E-state index contributed by atoms with van der Waals surface area (Å²) in [7, 11) is 6.39. The first-order valence-corrected chi connectivity index (χ1v) is 37.7. The molecule has 8 aromatic rings. The fraction of sp³-hybridized carbons (Fsp3) is 0.439. The van der Waals surface area contributed by atoms with Crippen molar-refractivity contribution < 1.29 is 62.5 Å². The van der Waals surface area contributed by atoms with Crippen molar-refractivity contribution in [3.63, 3.8) is 0 Å². The quantitative estimate of drug-likeness (QED) is 0.0733. The number of aliphatic carboxylic acids is 1. The van der Waals surface area contributed by atoms with E-state index in [0.29, 0.717) is 45.1 Å². The van der Waals surface area contributed by atoms with Gasteiger partial charge in [0, 0.05) is 65.7 Å². The van der Waals surface area contributed by atoms with Gasteiger partial charge in [-0.25, -0.2) is 14.2 Å². The van der Waals surface area contributed by atoms with E-state index in [-0.39, 0.29) is 64.8 Å². The van der Waals surface area contributed by atoms with Gasteiger partial charge in [-0.1, -0.05) is 161 Å². The number of hydrogen-bond donors (Lipinski definition) is 9. The smallest absolute Gasteiger partial charge is 0.326 e. The lowest BCUT2D eigenvalue weighted by atomic mass is 9.85. The van der Waals surface area contributed by atoms with E-state index in [9.17, 15) is 29.1 Å². The zero-order chi connectivity index (χ0) is 80.5. The predicted molar refractivity (Wildman–Crippen MR) is 416 cm³/mol. The van der Waals surface area contributed by atoms with Crippen LogP contribution in [0.5, 0.6) is 11.5 Å². The van der Waals surface area contributed by atoms with E-state index in [4.69, 9.17) is 9.47 Å². The van der Waals surface area contributed by atoms with Crippen LogP contribution in [-0.4, -0.2) is 211 Å². The topological polar surface area (TPSA) is 377 Å². The first-order valence-electron chi connectivity index (χ1n) is 37.7. The van der Waals surface area contributed by atoms with Crippen molar-refractivity contribution in [3.05, 3.63) is 179 Å². The number of carbonyl (C=O) groups is 10. The Morgan fingerprint density at radius 1 is 0.527 bits per heavy atom. The Labute approximate surface area is 650 Å². The molecule has 2 fully saturated rings. The molecule has 2 saturated heterocycles. The third kappa shape index (κ3) is 19.9. The Balaban J connectivity index is 0.933. The third-order valence-corrected chi connectivity index (χ3v) is 21.0. The minimum absolute atomic E-state index is 0.00519. The number of benzene rings is 6. The minimum Gasteiger partial charge on any atom is -0.487 e. The number of likely N-dealkylation sites (N-methyl/N-ethyl adjacent to an activating group) is 3. The van der Waals surface area contributed by atoms with Gasteiger partial charge in [0.05, 0.1) is 36.6 Å². The Morgan fingerprint density at radius 2 is 0.911 bits per heavy atom. The lowest BCUT2D eigenvalue weighted by molar-refractivity contribution is -0.145. The summed E-state index contributed by atoms with van der Waals surface area (Å²) in [6, 6.07) is 27.2. The largest absolute Gasteiger partial charge is 0.487 e. The first-order chi connectivity index (χ1) is 53.3. The number of amides is 9. The molecule has 12 atom stereocenters. The summed E-state index contributed by atoms with van der Waals surface area (Å²) in [5.41, 5.74) is 1.45. The van der Waals surface area contributed by atoms with Crippen LogP contribution >= 0.6 is 0 Å². The second-order valence-electron chi connectivity index (χ2n) is 31.7. The van der Waals surface area contributed by atoms with Crippen molar-refractivity contribution in [2.24, 2.45) is 10.8 Å². The minimum atomic E-state index is -1.51. The molecule has 0 radical (unpaired) electrons. The van der Waals surface area contributed by atoms with Gasteiger partial charge in [-0.05, 0) is 107 Å². The van der Waals surface area contributed by atoms with Crippen LogP contribution in [0.1, 0.15) is 114 Å². The number of nitrogens with one attached hydrogen (secondary N) is 8. The summed E-state index contributed by atoms with van der Waals surface area (Å²) in [5, 5.41) is 55.4. The van der Waals surface area contributed by atoms with Gasteiger partial charge in [0.1, 0.15) is 84.4 Å². The van der Waals surface area contributed by atoms with Crippen LogP contribution in [0.4, 0.5) is 0 Å². The molecular formula is C82H101N17O13. The molecule has 0 saturated carbocycles. The van der Waals surface area contributed by atoms with Crippen LogP contribution in [0.2, 0.25) is 0 Å². The van der Waals surface area contributed by atoms with Crippen LogP contribution in [0.3, 0.4) is 0 Å². The number of nitrogens with zero attached hydrogens (tertiary/aromatic N) is 9. The van der Waals surface area contributed by atoms with Crippen LogP contribution < -0.4 is 52.0 Å². The molecule has 2 aromatic heterocycles. The van der Waals surface area contributed by atoms with Gasteiger partial charge < -0.3 is 71.8 Å². The number of rotatable bonds is 14. The SMILES string of the molecule is CNC(C)C(=O)NC(C(=O)N1CC2CC1C(=O)NC(Cc1ccc3ccccc3c1)C(=O)NC(C(=O)O)Cc1ccc(cc1)OCc1cn(nn1)C1CC(C(=O)NC(Cc3ccc4ccccc4c3)C(=O)NC(C(=O)N(C)C)Cc3ccc(cc3)OCc3cn2nn3)N(C(=O)C(NC(=O)C(C)NC)C(C)(C)C)C1)C(C)(C)C. The van der Waals surface area contributed by atoms with Crippen molar-refractivity contribution in [1.82, 2.24) is 87.2 Å². The highest BCUT2D eigenvalue weighted by Gasteiger charge is 2.49. The van der Waals surface area contributed by atoms with Gasteiger partial charge in [0.25, 0.3) is 0 Å². The number of carboxylic acid groups (broad SMARTS) is 1. The van der Waals surface area contributed by atoms with E-state index in [2.05, 4.69) is 63.2 Å². The maximum Gasteiger partial charge on any atom is 0.326 e. The maximum absolute atomic E-state index is 15.4. The van der Waals surface area contributed by atoms with Crippen molar-refractivity contribution >= 4 is 80.7 Å². The summed E-state index contributed by atoms with van der Waals surface area (Å²) in [5.74, 6) is -5.95. The number of hydrogen-bond acceptors (Lipinski definition) is 18. The molecule has 592 valence electrons. The molecule has 6 aliphatic rings. The van der Waals surface area contributed by atoms with E-state index in [1.807, 2.05) is 84.9 Å². The van der Waals surface area contributed by atoms with Crippen LogP contribution in [0, 0.1) is 10.8 Å². The first kappa shape index (κ1) is 81.3. The van der Waals surface area contributed by atoms with Gasteiger partial charge in [-0.2, -0.15) is 0 Å². The summed E-state index contributed by atoms with van der Waals surface area (Å²) in [4.78, 5) is 150. The molecule has 8 heterocycles. The third-order valence-electron chi connectivity index (χ3n) is 21.0. The Bertz CT molecular complexity index is 4760. The van der Waals surface area contributed by atoms with Gasteiger partial charge in [0.15, 0.2) is 0 Å². The molecule has 9 amide bonds. The molecule has 14 rings (SSSR count). The Morgan fingerprint density at radius 3 is 1.29 bits per heavy atom. The number of fused-ring (bicyclic) bond motifs is 2. The molecule has 6 aromatic carbocycles. The molecule has 6 aliphatic heterocycles. The molecule has 0 spiro atoms. The van der Waals surface area contributed by atoms with E-state index in [1.54, 1.807) is 149 Å². The predicted octanol–water partition coefficient (Wildman–Crippen LogP) is 4.29. The lowest BCUT2D eigenvalue weighted by Gasteiger charge is -2.36. The average molecular weight is 1530 g/mol. The lowest BCUT2D eigenvalue weighted by Crippen LogP contribution is -2.61. The molecule has 12 unspecified atom stereocenters. The van der Waals surface area contributed by atoms with Crippen molar-refractivity contribution in [2.45, 2.75) is 180 Å². The number of carbonyl (C=O) groups excluding carboxylic acids is 9. The number of carboxylic acids is 1. The second kappa shape index (κ2) is 35.1. The van der Waals surface area contributed by atoms with E-state index < -0.39 is 142 Å². The fourth-order valence-corrected chi connectivity index (χ4v) is 14.2. The number of likely N-dealkylation sites (tertiary alicyclic amines) is 2. The zero-order valence-corrected chi connectivity index (χ0v) is 65.2. The van der Waals surface area contributed by atoms with Crippen LogP contribution in [0.15, 0.2) is 146 Å². The summed E-state index contributed by atoms with van der Waals surface area (Å²) in [6.07, 6.45) is 2.92. The number of ether oxygens (including phenoxy) is 2. The molecule has 30 heteroatoms. The monoisotopic (exact) mass is 1530 g/mol. The Kier molecular flexibility index (Phi) is 25.5. The highest BCUT2D eigenvalue weighted by Crippen LogP contribution is 2.35. The summed E-state index contributed by atoms with van der Waals surface area (Å²) in [6.45, 7) is 13.8. The summed E-state index contributed by atoms with van der Waals surface area (Å²) >= 11 is 0. The average Bonchev–Trinajstić information content (AvgIpc) is 1.64. The fourth-order valence-electron chi connectivity index (χ4n) is 14.2. The van der Waals surface area contributed by atoms with Crippen LogP contribution in [-0.2, 0) is 86.8 Å². The van der Waals surface area contributed by atoms with Gasteiger partial charge in [-0.15, -0.1) is 10.2 Å². The molecule has 12 bridgehead atoms. The normalized spacial score (nSPS) is 21.5. The number of aromatic nitrogens is 6. The van der Waals surface area contributed by atoms with Gasteiger partial charge >= 0.3 is 5.97 Å². The van der Waals surface area contributed by atoms with E-state index in [1.165, 1.54) is 19.4 Å². The summed E-state index contributed by atoms with van der Waals surface area (Å²) < 4.78 is 15.5. The van der Waals surface area contributed by atoms with Crippen molar-refractivity contribution in [3.8, 4) is 11.5 Å². The van der Waals surface area contributed by atoms with Crippen LogP contribution in [0.25, 0.3) is 21.5 Å². The maximum atomic E-state index is 15.4. The molecular weight excluding hydrogens is 1430 g/mol. The molecule has 30 nitrogen and oxygen atoms in total.